The van der Waals surface area contributed by atoms with E-state index < -0.39 is 0 Å². The minimum atomic E-state index is 0.162. The smallest absolute Gasteiger partial charge is 0.254 e. The van der Waals surface area contributed by atoms with E-state index in [2.05, 4.69) is 52.8 Å². The fourth-order valence-corrected chi connectivity index (χ4v) is 2.84. The van der Waals surface area contributed by atoms with Crippen molar-refractivity contribution in [2.45, 2.75) is 41.0 Å². The van der Waals surface area contributed by atoms with Crippen LogP contribution in [0, 0.1) is 12.8 Å². The first-order valence-electron chi connectivity index (χ1n) is 8.12. The molecule has 1 aliphatic rings. The third kappa shape index (κ3) is 3.68. The minimum Gasteiger partial charge on any atom is -0.334 e. The molecule has 1 amide bonds. The molecule has 0 radical (unpaired) electrons. The Morgan fingerprint density at radius 2 is 1.82 bits per heavy atom. The topological polar surface area (TPSA) is 20.3 Å². The van der Waals surface area contributed by atoms with Gasteiger partial charge in [0.25, 0.3) is 5.91 Å². The lowest BCUT2D eigenvalue weighted by molar-refractivity contribution is -0.124. The standard InChI is InChI=1S/C20H27NO/c1-14(2)12-19(18-9-7-6-8-16(18)4)20(22)21-11-10-15(3)17(5)13-21/h6-9,12,14H,10-11,13H2,1-5H3/b19-12+. The largest absolute Gasteiger partial charge is 0.334 e. The second kappa shape index (κ2) is 6.95. The van der Waals surface area contributed by atoms with Crippen LogP contribution in [0.5, 0.6) is 0 Å². The van der Waals surface area contributed by atoms with E-state index in [9.17, 15) is 4.79 Å². The highest BCUT2D eigenvalue weighted by molar-refractivity contribution is 6.20. The summed E-state index contributed by atoms with van der Waals surface area (Å²) in [6, 6.07) is 8.16. The fraction of sp³-hybridized carbons (Fsp3) is 0.450. The zero-order valence-corrected chi connectivity index (χ0v) is 14.4. The summed E-state index contributed by atoms with van der Waals surface area (Å²) >= 11 is 0. The summed E-state index contributed by atoms with van der Waals surface area (Å²) in [6.45, 7) is 12.2. The zero-order valence-electron chi connectivity index (χ0n) is 14.4. The molecule has 0 saturated heterocycles. The Morgan fingerprint density at radius 3 is 2.41 bits per heavy atom. The highest BCUT2D eigenvalue weighted by Crippen LogP contribution is 2.26. The number of benzene rings is 1. The van der Waals surface area contributed by atoms with Gasteiger partial charge in [0.15, 0.2) is 0 Å². The predicted molar refractivity (Wildman–Crippen MR) is 93.6 cm³/mol. The van der Waals surface area contributed by atoms with Crippen LogP contribution in [0.2, 0.25) is 0 Å². The molecule has 0 N–H and O–H groups in total. The molecule has 1 aliphatic heterocycles. The number of carbonyl (C=O) groups is 1. The minimum absolute atomic E-state index is 0.162. The fourth-order valence-electron chi connectivity index (χ4n) is 2.84. The molecule has 1 aromatic rings. The molecule has 0 bridgehead atoms. The Balaban J connectivity index is 2.36. The molecule has 0 fully saturated rings. The van der Waals surface area contributed by atoms with Crippen molar-refractivity contribution in [3.05, 3.63) is 52.6 Å². The normalized spacial score (nSPS) is 16.5. The lowest BCUT2D eigenvalue weighted by atomic mass is 9.95. The summed E-state index contributed by atoms with van der Waals surface area (Å²) < 4.78 is 0. The van der Waals surface area contributed by atoms with Crippen LogP contribution < -0.4 is 0 Å². The number of rotatable bonds is 3. The number of hydrogen-bond acceptors (Lipinski definition) is 1. The summed E-state index contributed by atoms with van der Waals surface area (Å²) in [4.78, 5) is 15.1. The van der Waals surface area contributed by atoms with E-state index in [1.807, 2.05) is 17.0 Å². The number of hydrogen-bond donors (Lipinski definition) is 0. The van der Waals surface area contributed by atoms with Crippen LogP contribution in [0.15, 0.2) is 41.5 Å². The molecule has 0 spiro atoms. The SMILES string of the molecule is CC1=C(C)CN(C(=O)/C(=C/C(C)C)c2ccccc2C)CC1. The molecule has 2 nitrogen and oxygen atoms in total. The van der Waals surface area contributed by atoms with Gasteiger partial charge < -0.3 is 4.90 Å². The Labute approximate surface area is 134 Å². The highest BCUT2D eigenvalue weighted by Gasteiger charge is 2.23. The number of nitrogens with zero attached hydrogens (tertiary/aromatic N) is 1. The number of aryl methyl sites for hydroxylation is 1. The first-order chi connectivity index (χ1) is 10.4. The van der Waals surface area contributed by atoms with Crippen molar-refractivity contribution in [1.29, 1.82) is 0 Å². The van der Waals surface area contributed by atoms with Crippen LogP contribution in [0.4, 0.5) is 0 Å². The third-order valence-electron chi connectivity index (χ3n) is 4.37. The molecule has 0 aromatic heterocycles. The Morgan fingerprint density at radius 1 is 1.14 bits per heavy atom. The van der Waals surface area contributed by atoms with Crippen molar-refractivity contribution in [3.63, 3.8) is 0 Å². The number of amides is 1. The lowest BCUT2D eigenvalue weighted by Crippen LogP contribution is -2.37. The number of carbonyl (C=O) groups excluding carboxylic acids is 1. The maximum absolute atomic E-state index is 13.1. The predicted octanol–water partition coefficient (Wildman–Crippen LogP) is 4.60. The third-order valence-corrected chi connectivity index (χ3v) is 4.37. The zero-order chi connectivity index (χ0) is 16.3. The second-order valence-corrected chi connectivity index (χ2v) is 6.68. The molecule has 118 valence electrons. The van der Waals surface area contributed by atoms with Crippen molar-refractivity contribution in [2.24, 2.45) is 5.92 Å². The van der Waals surface area contributed by atoms with E-state index >= 15 is 0 Å². The maximum atomic E-state index is 13.1. The first kappa shape index (κ1) is 16.5. The maximum Gasteiger partial charge on any atom is 0.254 e. The molecule has 2 heteroatoms. The van der Waals surface area contributed by atoms with Gasteiger partial charge in [-0.25, -0.2) is 0 Å². The van der Waals surface area contributed by atoms with Gasteiger partial charge in [-0.3, -0.25) is 4.79 Å². The van der Waals surface area contributed by atoms with Crippen LogP contribution in [0.1, 0.15) is 45.2 Å². The number of allylic oxidation sites excluding steroid dienone is 1. The van der Waals surface area contributed by atoms with Crippen molar-refractivity contribution in [1.82, 2.24) is 4.90 Å². The molecular formula is C20H27NO. The first-order valence-corrected chi connectivity index (χ1v) is 8.12. The van der Waals surface area contributed by atoms with Gasteiger partial charge in [0.1, 0.15) is 0 Å². The van der Waals surface area contributed by atoms with Crippen LogP contribution in [0.3, 0.4) is 0 Å². The van der Waals surface area contributed by atoms with Gasteiger partial charge in [0, 0.05) is 18.7 Å². The summed E-state index contributed by atoms with van der Waals surface area (Å²) in [5, 5.41) is 0. The van der Waals surface area contributed by atoms with Crippen LogP contribution >= 0.6 is 0 Å². The Hall–Kier alpha value is -1.83. The Bertz CT molecular complexity index is 622. The molecule has 0 atom stereocenters. The van der Waals surface area contributed by atoms with Crippen molar-refractivity contribution < 1.29 is 4.79 Å². The van der Waals surface area contributed by atoms with Gasteiger partial charge in [0.2, 0.25) is 0 Å². The quantitative estimate of drug-likeness (QED) is 0.589. The van der Waals surface area contributed by atoms with Crippen molar-refractivity contribution in [3.8, 4) is 0 Å². The van der Waals surface area contributed by atoms with E-state index in [4.69, 9.17) is 0 Å². The molecule has 1 heterocycles. The summed E-state index contributed by atoms with van der Waals surface area (Å²) in [6.07, 6.45) is 3.09. The van der Waals surface area contributed by atoms with Gasteiger partial charge in [-0.05, 0) is 44.2 Å². The molecular weight excluding hydrogens is 270 g/mol. The second-order valence-electron chi connectivity index (χ2n) is 6.68. The van der Waals surface area contributed by atoms with E-state index in [-0.39, 0.29) is 5.91 Å². The summed E-state index contributed by atoms with van der Waals surface area (Å²) in [5.74, 6) is 0.511. The molecule has 0 saturated carbocycles. The Kier molecular flexibility index (Phi) is 5.23. The average Bonchev–Trinajstić information content (AvgIpc) is 2.47. The summed E-state index contributed by atoms with van der Waals surface area (Å²) in [5.41, 5.74) is 5.82. The van der Waals surface area contributed by atoms with Gasteiger partial charge in [-0.1, -0.05) is 55.3 Å². The van der Waals surface area contributed by atoms with E-state index in [1.54, 1.807) is 0 Å². The lowest BCUT2D eigenvalue weighted by Gasteiger charge is -2.30. The molecule has 0 aliphatic carbocycles. The molecule has 22 heavy (non-hydrogen) atoms. The van der Waals surface area contributed by atoms with Crippen LogP contribution in [-0.4, -0.2) is 23.9 Å². The van der Waals surface area contributed by atoms with Gasteiger partial charge in [0.05, 0.1) is 0 Å². The molecule has 0 unspecified atom stereocenters. The summed E-state index contributed by atoms with van der Waals surface area (Å²) in [7, 11) is 0. The van der Waals surface area contributed by atoms with Gasteiger partial charge in [-0.15, -0.1) is 0 Å². The van der Waals surface area contributed by atoms with E-state index in [0.29, 0.717) is 5.92 Å². The van der Waals surface area contributed by atoms with Crippen molar-refractivity contribution in [2.75, 3.05) is 13.1 Å². The van der Waals surface area contributed by atoms with E-state index in [0.717, 1.165) is 36.2 Å². The van der Waals surface area contributed by atoms with E-state index in [1.165, 1.54) is 11.1 Å². The average molecular weight is 297 g/mol. The van der Waals surface area contributed by atoms with Gasteiger partial charge in [-0.2, -0.15) is 0 Å². The molecule has 2 rings (SSSR count). The van der Waals surface area contributed by atoms with Crippen LogP contribution in [-0.2, 0) is 4.79 Å². The van der Waals surface area contributed by atoms with Crippen LogP contribution in [0.25, 0.3) is 5.57 Å². The van der Waals surface area contributed by atoms with Crippen molar-refractivity contribution >= 4 is 11.5 Å². The monoisotopic (exact) mass is 297 g/mol. The van der Waals surface area contributed by atoms with Gasteiger partial charge >= 0.3 is 0 Å². The highest BCUT2D eigenvalue weighted by atomic mass is 16.2. The molecule has 1 aromatic carbocycles.